The maximum atomic E-state index is 11.1. The van der Waals surface area contributed by atoms with Gasteiger partial charge in [-0.25, -0.2) is 0 Å². The van der Waals surface area contributed by atoms with Gasteiger partial charge in [0.25, 0.3) is 0 Å². The summed E-state index contributed by atoms with van der Waals surface area (Å²) in [6, 6.07) is 5.85. The number of rotatable bonds is 6. The number of piperidine rings is 1. The third-order valence-corrected chi connectivity index (χ3v) is 4.21. The van der Waals surface area contributed by atoms with Crippen molar-refractivity contribution in [3.05, 3.63) is 23.8 Å². The van der Waals surface area contributed by atoms with Crippen molar-refractivity contribution < 1.29 is 4.79 Å². The Labute approximate surface area is 126 Å². The number of anilines is 2. The fraction of sp³-hybridized carbons (Fsp3) is 0.562. The molecule has 1 aromatic carbocycles. The molecule has 1 amide bonds. The lowest BCUT2D eigenvalue weighted by molar-refractivity contribution is 0.100. The van der Waals surface area contributed by atoms with E-state index in [1.807, 2.05) is 6.07 Å². The number of carbonyl (C=O) groups is 1. The van der Waals surface area contributed by atoms with Crippen LogP contribution in [0.1, 0.15) is 43.0 Å². The fourth-order valence-corrected chi connectivity index (χ4v) is 2.87. The van der Waals surface area contributed by atoms with E-state index < -0.39 is 5.91 Å². The summed E-state index contributed by atoms with van der Waals surface area (Å²) in [5.74, 6) is -0.452. The van der Waals surface area contributed by atoms with E-state index in [0.717, 1.165) is 25.2 Å². The van der Waals surface area contributed by atoms with Crippen LogP contribution in [0.3, 0.4) is 0 Å². The number of primary amides is 1. The highest BCUT2D eigenvalue weighted by molar-refractivity contribution is 5.94. The molecule has 1 saturated heterocycles. The number of hydrogen-bond acceptors (Lipinski definition) is 4. The molecule has 0 saturated carbocycles. The van der Waals surface area contributed by atoms with Crippen LogP contribution < -0.4 is 16.8 Å². The van der Waals surface area contributed by atoms with Crippen LogP contribution in [-0.4, -0.2) is 36.5 Å². The van der Waals surface area contributed by atoms with Crippen LogP contribution in [-0.2, 0) is 0 Å². The Morgan fingerprint density at radius 1 is 1.43 bits per heavy atom. The number of nitrogens with one attached hydrogen (secondary N) is 1. The molecule has 5 N–H and O–H groups in total. The maximum absolute atomic E-state index is 11.1. The van der Waals surface area contributed by atoms with E-state index in [0.29, 0.717) is 17.3 Å². The minimum atomic E-state index is -0.452. The van der Waals surface area contributed by atoms with Gasteiger partial charge >= 0.3 is 0 Å². The van der Waals surface area contributed by atoms with Gasteiger partial charge in [0.2, 0.25) is 5.91 Å². The molecule has 1 heterocycles. The molecule has 116 valence electrons. The molecule has 1 aliphatic rings. The van der Waals surface area contributed by atoms with Gasteiger partial charge in [0.1, 0.15) is 0 Å². The van der Waals surface area contributed by atoms with Gasteiger partial charge in [0.05, 0.1) is 11.4 Å². The Morgan fingerprint density at radius 2 is 2.24 bits per heavy atom. The largest absolute Gasteiger partial charge is 0.397 e. The van der Waals surface area contributed by atoms with Gasteiger partial charge in [0.15, 0.2) is 0 Å². The Hall–Kier alpha value is -1.75. The van der Waals surface area contributed by atoms with E-state index in [2.05, 4.69) is 17.1 Å². The number of carbonyl (C=O) groups excluding carboxylic acids is 1. The minimum Gasteiger partial charge on any atom is -0.397 e. The molecule has 0 aliphatic carbocycles. The number of hydrogen-bond donors (Lipinski definition) is 3. The summed E-state index contributed by atoms with van der Waals surface area (Å²) in [5, 5.41) is 3.33. The Bertz CT molecular complexity index is 489. The second-order valence-corrected chi connectivity index (χ2v) is 5.83. The molecule has 5 nitrogen and oxygen atoms in total. The zero-order chi connectivity index (χ0) is 15.2. The van der Waals surface area contributed by atoms with Gasteiger partial charge in [-0.3, -0.25) is 4.79 Å². The molecular formula is C16H26N4O. The van der Waals surface area contributed by atoms with Gasteiger partial charge in [0, 0.05) is 24.7 Å². The average Bonchev–Trinajstić information content (AvgIpc) is 2.46. The van der Waals surface area contributed by atoms with Crippen LogP contribution in [0.2, 0.25) is 0 Å². The molecule has 1 fully saturated rings. The summed E-state index contributed by atoms with van der Waals surface area (Å²) in [5.41, 5.74) is 13.0. The van der Waals surface area contributed by atoms with Crippen molar-refractivity contribution in [2.75, 3.05) is 30.7 Å². The van der Waals surface area contributed by atoms with E-state index in [1.165, 1.54) is 25.8 Å². The lowest BCUT2D eigenvalue weighted by Crippen LogP contribution is -2.38. The first-order chi connectivity index (χ1) is 10.1. The Morgan fingerprint density at radius 3 is 2.90 bits per heavy atom. The van der Waals surface area contributed by atoms with Gasteiger partial charge < -0.3 is 21.7 Å². The number of nitrogens with two attached hydrogens (primary N) is 2. The predicted octanol–water partition coefficient (Wildman–Crippen LogP) is 2.04. The molecule has 2 rings (SSSR count). The van der Waals surface area contributed by atoms with Crippen molar-refractivity contribution in [3.8, 4) is 0 Å². The van der Waals surface area contributed by atoms with Gasteiger partial charge in [-0.1, -0.05) is 6.42 Å². The first kappa shape index (κ1) is 15.6. The highest BCUT2D eigenvalue weighted by atomic mass is 16.1. The molecule has 1 aliphatic heterocycles. The van der Waals surface area contributed by atoms with Crippen LogP contribution in [0.15, 0.2) is 18.2 Å². The van der Waals surface area contributed by atoms with Crippen molar-refractivity contribution in [1.29, 1.82) is 0 Å². The van der Waals surface area contributed by atoms with E-state index in [-0.39, 0.29) is 0 Å². The maximum Gasteiger partial charge on any atom is 0.248 e. The highest BCUT2D eigenvalue weighted by Crippen LogP contribution is 2.20. The number of amides is 1. The third-order valence-electron chi connectivity index (χ3n) is 4.21. The van der Waals surface area contributed by atoms with Crippen LogP contribution in [0, 0.1) is 0 Å². The van der Waals surface area contributed by atoms with Gasteiger partial charge in [-0.15, -0.1) is 0 Å². The molecule has 0 radical (unpaired) electrons. The number of nitrogen functional groups attached to an aromatic ring is 1. The summed E-state index contributed by atoms with van der Waals surface area (Å²) >= 11 is 0. The normalized spacial score (nSPS) is 19.4. The smallest absolute Gasteiger partial charge is 0.248 e. The van der Waals surface area contributed by atoms with Crippen LogP contribution in [0.4, 0.5) is 11.4 Å². The van der Waals surface area contributed by atoms with Crippen LogP contribution >= 0.6 is 0 Å². The van der Waals surface area contributed by atoms with Crippen molar-refractivity contribution in [2.45, 2.75) is 38.6 Å². The standard InChI is InChI=1S/C16H26N4O/c1-12-5-2-3-9-20(12)10-4-8-19-15-7-6-13(16(18)21)11-14(15)17/h6-7,11-12,19H,2-5,8-10,17H2,1H3,(H2,18,21). The molecule has 0 aromatic heterocycles. The molecule has 0 spiro atoms. The van der Waals surface area contributed by atoms with Gasteiger partial charge in [-0.2, -0.15) is 0 Å². The van der Waals surface area contributed by atoms with Crippen LogP contribution in [0.25, 0.3) is 0 Å². The third kappa shape index (κ3) is 4.36. The highest BCUT2D eigenvalue weighted by Gasteiger charge is 2.17. The first-order valence-electron chi connectivity index (χ1n) is 7.75. The summed E-state index contributed by atoms with van der Waals surface area (Å²) in [6.07, 6.45) is 5.08. The Balaban J connectivity index is 1.77. The minimum absolute atomic E-state index is 0.445. The van der Waals surface area contributed by atoms with E-state index >= 15 is 0 Å². The summed E-state index contributed by atoms with van der Waals surface area (Å²) in [4.78, 5) is 13.6. The number of likely N-dealkylation sites (tertiary alicyclic amines) is 1. The quantitative estimate of drug-likeness (QED) is 0.553. The molecule has 0 bridgehead atoms. The molecule has 21 heavy (non-hydrogen) atoms. The zero-order valence-electron chi connectivity index (χ0n) is 12.8. The van der Waals surface area contributed by atoms with Crippen molar-refractivity contribution >= 4 is 17.3 Å². The Kier molecular flexibility index (Phi) is 5.44. The molecule has 5 heteroatoms. The summed E-state index contributed by atoms with van der Waals surface area (Å²) in [7, 11) is 0. The molecule has 1 aromatic rings. The molecule has 1 unspecified atom stereocenters. The summed E-state index contributed by atoms with van der Waals surface area (Å²) in [6.45, 7) is 5.53. The predicted molar refractivity (Wildman–Crippen MR) is 87.4 cm³/mol. The SMILES string of the molecule is CC1CCCCN1CCCNc1ccc(C(N)=O)cc1N. The fourth-order valence-electron chi connectivity index (χ4n) is 2.87. The second-order valence-electron chi connectivity index (χ2n) is 5.83. The van der Waals surface area contributed by atoms with E-state index in [1.54, 1.807) is 12.1 Å². The van der Waals surface area contributed by atoms with Crippen LogP contribution in [0.5, 0.6) is 0 Å². The van der Waals surface area contributed by atoms with Crippen molar-refractivity contribution in [2.24, 2.45) is 5.73 Å². The first-order valence-corrected chi connectivity index (χ1v) is 7.75. The monoisotopic (exact) mass is 290 g/mol. The molecule has 1 atom stereocenters. The average molecular weight is 290 g/mol. The van der Waals surface area contributed by atoms with Gasteiger partial charge in [-0.05, 0) is 50.9 Å². The summed E-state index contributed by atoms with van der Waals surface area (Å²) < 4.78 is 0. The lowest BCUT2D eigenvalue weighted by atomic mass is 10.0. The van der Waals surface area contributed by atoms with E-state index in [4.69, 9.17) is 11.5 Å². The molecular weight excluding hydrogens is 264 g/mol. The lowest BCUT2D eigenvalue weighted by Gasteiger charge is -2.33. The topological polar surface area (TPSA) is 84.4 Å². The van der Waals surface area contributed by atoms with E-state index in [9.17, 15) is 4.79 Å². The van der Waals surface area contributed by atoms with Crippen molar-refractivity contribution in [1.82, 2.24) is 4.90 Å². The number of nitrogens with zero attached hydrogens (tertiary/aromatic N) is 1. The van der Waals surface area contributed by atoms with Crippen molar-refractivity contribution in [3.63, 3.8) is 0 Å². The second kappa shape index (κ2) is 7.31. The number of benzene rings is 1. The zero-order valence-corrected chi connectivity index (χ0v) is 12.8.